The molecule has 0 aliphatic carbocycles. The minimum absolute atomic E-state index is 0.0229. The number of nitrogens with two attached hydrogens (primary N) is 1. The lowest BCUT2D eigenvalue weighted by Gasteiger charge is -2.41. The first-order valence-electron chi connectivity index (χ1n) is 13.7. The molecule has 0 spiro atoms. The third kappa shape index (κ3) is 8.92. The summed E-state index contributed by atoms with van der Waals surface area (Å²) in [6, 6.07) is 3.66. The number of rotatable bonds is 2. The number of nitrogens with one attached hydrogen (secondary N) is 1. The number of benzene rings is 1. The van der Waals surface area contributed by atoms with Crippen molar-refractivity contribution in [3.63, 3.8) is 0 Å². The van der Waals surface area contributed by atoms with Crippen LogP contribution in [0.4, 0.5) is 20.1 Å². The van der Waals surface area contributed by atoms with Crippen LogP contribution in [-0.4, -0.2) is 91.4 Å². The van der Waals surface area contributed by atoms with E-state index in [9.17, 15) is 19.2 Å². The fourth-order valence-electron chi connectivity index (χ4n) is 4.08. The summed E-state index contributed by atoms with van der Waals surface area (Å²) in [4.78, 5) is 54.9. The van der Waals surface area contributed by atoms with Gasteiger partial charge < -0.3 is 24.8 Å². The number of thiocarbonyl (C=S) groups is 1. The maximum absolute atomic E-state index is 13.7. The molecule has 2 heterocycles. The first kappa shape index (κ1) is 33.4. The molecule has 0 saturated carbocycles. The largest absolute Gasteiger partial charge is 0.444 e. The zero-order chi connectivity index (χ0) is 32.5. The molecule has 15 heteroatoms. The Morgan fingerprint density at radius 2 is 1.47 bits per heavy atom. The van der Waals surface area contributed by atoms with Crippen molar-refractivity contribution in [3.05, 3.63) is 24.4 Å². The minimum Gasteiger partial charge on any atom is -0.444 e. The SMILES string of the molecule is CC(C)(C)OC(=O)N1CCN(C(=O)OC(C)(C)C)C(C(=O)NN(C(N)=S)c2ccc3c(cnn3C(=O)OC(C)(C)C)c2)C1. The lowest BCUT2D eigenvalue weighted by molar-refractivity contribution is -0.128. The molecule has 1 saturated heterocycles. The highest BCUT2D eigenvalue weighted by atomic mass is 32.1. The molecule has 236 valence electrons. The van der Waals surface area contributed by atoms with E-state index in [2.05, 4.69) is 10.5 Å². The molecule has 1 aliphatic heterocycles. The molecule has 1 aliphatic rings. The zero-order valence-electron chi connectivity index (χ0n) is 26.1. The Labute approximate surface area is 256 Å². The first-order chi connectivity index (χ1) is 19.6. The number of ether oxygens (including phenoxy) is 3. The van der Waals surface area contributed by atoms with E-state index in [0.717, 1.165) is 4.68 Å². The maximum atomic E-state index is 13.7. The van der Waals surface area contributed by atoms with E-state index < -0.39 is 47.0 Å². The van der Waals surface area contributed by atoms with E-state index in [4.69, 9.17) is 32.2 Å². The first-order valence-corrected chi connectivity index (χ1v) is 14.1. The monoisotopic (exact) mass is 619 g/mol. The van der Waals surface area contributed by atoms with E-state index in [-0.39, 0.29) is 24.7 Å². The molecule has 14 nitrogen and oxygen atoms in total. The van der Waals surface area contributed by atoms with Gasteiger partial charge in [-0.15, -0.1) is 0 Å². The molecule has 43 heavy (non-hydrogen) atoms. The van der Waals surface area contributed by atoms with E-state index in [0.29, 0.717) is 16.6 Å². The van der Waals surface area contributed by atoms with Crippen molar-refractivity contribution in [2.24, 2.45) is 5.73 Å². The van der Waals surface area contributed by atoms with Gasteiger partial charge in [0, 0.05) is 18.5 Å². The van der Waals surface area contributed by atoms with Crippen LogP contribution in [0.1, 0.15) is 62.3 Å². The third-order valence-electron chi connectivity index (χ3n) is 5.78. The number of carbonyl (C=O) groups is 4. The van der Waals surface area contributed by atoms with Crippen LogP contribution in [0.15, 0.2) is 24.4 Å². The number of amides is 3. The second-order valence-electron chi connectivity index (χ2n) is 13.0. The van der Waals surface area contributed by atoms with Crippen molar-refractivity contribution in [3.8, 4) is 0 Å². The summed E-state index contributed by atoms with van der Waals surface area (Å²) in [5, 5.41) is 5.65. The van der Waals surface area contributed by atoms with E-state index in [1.165, 1.54) is 21.0 Å². The highest BCUT2D eigenvalue weighted by Crippen LogP contribution is 2.24. The summed E-state index contributed by atoms with van der Waals surface area (Å²) in [5.41, 5.74) is 7.20. The average molecular weight is 620 g/mol. The molecule has 1 aromatic heterocycles. The van der Waals surface area contributed by atoms with Crippen molar-refractivity contribution < 1.29 is 33.4 Å². The number of anilines is 1. The Hall–Kier alpha value is -4.14. The Balaban J connectivity index is 1.89. The molecule has 1 fully saturated rings. The van der Waals surface area contributed by atoms with Crippen molar-refractivity contribution >= 4 is 58.1 Å². The fourth-order valence-corrected chi connectivity index (χ4v) is 4.23. The second kappa shape index (κ2) is 12.2. The minimum atomic E-state index is -1.16. The molecule has 0 radical (unpaired) electrons. The predicted octanol–water partition coefficient (Wildman–Crippen LogP) is 3.76. The van der Waals surface area contributed by atoms with Gasteiger partial charge in [-0.2, -0.15) is 9.78 Å². The second-order valence-corrected chi connectivity index (χ2v) is 13.5. The average Bonchev–Trinajstić information content (AvgIpc) is 3.27. The van der Waals surface area contributed by atoms with Crippen LogP contribution >= 0.6 is 12.2 Å². The van der Waals surface area contributed by atoms with Gasteiger partial charge in [0.2, 0.25) is 0 Å². The number of aromatic nitrogens is 2. The van der Waals surface area contributed by atoms with E-state index in [1.807, 2.05) is 0 Å². The topological polar surface area (TPSA) is 162 Å². The predicted molar refractivity (Wildman–Crippen MR) is 163 cm³/mol. The number of hydrogen-bond acceptors (Lipinski definition) is 9. The fraction of sp³-hybridized carbons (Fsp3) is 0.571. The molecule has 3 amide bonds. The van der Waals surface area contributed by atoms with Crippen LogP contribution in [0.3, 0.4) is 0 Å². The van der Waals surface area contributed by atoms with Crippen LogP contribution in [0.5, 0.6) is 0 Å². The summed E-state index contributed by atoms with van der Waals surface area (Å²) >= 11 is 5.23. The van der Waals surface area contributed by atoms with Gasteiger partial charge in [-0.05, 0) is 92.7 Å². The highest BCUT2D eigenvalue weighted by Gasteiger charge is 2.41. The molecule has 0 bridgehead atoms. The van der Waals surface area contributed by atoms with Gasteiger partial charge in [0.1, 0.15) is 22.8 Å². The van der Waals surface area contributed by atoms with Crippen molar-refractivity contribution in [1.29, 1.82) is 0 Å². The Morgan fingerprint density at radius 3 is 2.02 bits per heavy atom. The lowest BCUT2D eigenvalue weighted by atomic mass is 10.1. The molecule has 1 unspecified atom stereocenters. The van der Waals surface area contributed by atoms with E-state index in [1.54, 1.807) is 80.5 Å². The van der Waals surface area contributed by atoms with Crippen LogP contribution in [0.2, 0.25) is 0 Å². The van der Waals surface area contributed by atoms with Gasteiger partial charge >= 0.3 is 18.3 Å². The smallest absolute Gasteiger partial charge is 0.435 e. The van der Waals surface area contributed by atoms with Crippen molar-refractivity contribution in [1.82, 2.24) is 25.0 Å². The van der Waals surface area contributed by atoms with Crippen molar-refractivity contribution in [2.45, 2.75) is 85.2 Å². The lowest BCUT2D eigenvalue weighted by Crippen LogP contribution is -2.64. The summed E-state index contributed by atoms with van der Waals surface area (Å²) in [7, 11) is 0. The zero-order valence-corrected chi connectivity index (χ0v) is 26.9. The Kier molecular flexibility index (Phi) is 9.49. The number of nitrogens with zero attached hydrogens (tertiary/aromatic N) is 5. The Bertz CT molecular complexity index is 1400. The summed E-state index contributed by atoms with van der Waals surface area (Å²) in [5.74, 6) is -0.670. The molecule has 2 aromatic rings. The molecule has 3 rings (SSSR count). The number of piperazine rings is 1. The van der Waals surface area contributed by atoms with Crippen LogP contribution in [0, 0.1) is 0 Å². The third-order valence-corrected chi connectivity index (χ3v) is 5.96. The molecule has 1 aromatic carbocycles. The van der Waals surface area contributed by atoms with Crippen molar-refractivity contribution in [2.75, 3.05) is 24.6 Å². The van der Waals surface area contributed by atoms with Gasteiger partial charge in [-0.1, -0.05) is 0 Å². The number of fused-ring (bicyclic) bond motifs is 1. The molecular weight excluding hydrogens is 578 g/mol. The molecular formula is C28H41N7O7S. The summed E-state index contributed by atoms with van der Waals surface area (Å²) in [6.07, 6.45) is -0.516. The van der Waals surface area contributed by atoms with Gasteiger partial charge in [-0.25, -0.2) is 19.4 Å². The van der Waals surface area contributed by atoms with Crippen LogP contribution in [0.25, 0.3) is 10.9 Å². The number of carbonyl (C=O) groups excluding carboxylic acids is 4. The number of hydrogen-bond donors (Lipinski definition) is 2. The highest BCUT2D eigenvalue weighted by molar-refractivity contribution is 7.80. The standard InChI is InChI=1S/C28H41N7O7S/c1-26(2,3)40-23(37)32-12-13-33(24(38)41-27(4,5)6)20(16-32)21(36)31-34(22(29)43)18-10-11-19-17(14-18)15-30-35(19)25(39)42-28(7,8)9/h10-11,14-15,20H,12-13,16H2,1-9H3,(H2,29,43)(H,31,36). The summed E-state index contributed by atoms with van der Waals surface area (Å²) < 4.78 is 17.6. The number of hydrazine groups is 1. The van der Waals surface area contributed by atoms with Crippen LogP contribution < -0.4 is 16.2 Å². The van der Waals surface area contributed by atoms with E-state index >= 15 is 0 Å². The normalized spacial score (nSPS) is 16.0. The molecule has 1 atom stereocenters. The summed E-state index contributed by atoms with van der Waals surface area (Å²) in [6.45, 7) is 15.6. The quantitative estimate of drug-likeness (QED) is 0.286. The molecule has 3 N–H and O–H groups in total. The maximum Gasteiger partial charge on any atom is 0.435 e. The van der Waals surface area contributed by atoms with Gasteiger partial charge in [0.05, 0.1) is 23.9 Å². The van der Waals surface area contributed by atoms with Gasteiger partial charge in [0.25, 0.3) is 5.91 Å². The van der Waals surface area contributed by atoms with Gasteiger partial charge in [-0.3, -0.25) is 15.1 Å². The van der Waals surface area contributed by atoms with Gasteiger partial charge in [0.15, 0.2) is 5.11 Å². The Morgan fingerprint density at radius 1 is 0.907 bits per heavy atom. The van der Waals surface area contributed by atoms with Crippen LogP contribution in [-0.2, 0) is 19.0 Å².